The number of nitrogens with zero attached hydrogens (tertiary/aromatic N) is 1. The molecule has 0 heterocycles. The lowest BCUT2D eigenvalue weighted by Gasteiger charge is -2.18. The molecule has 25 heavy (non-hydrogen) atoms. The minimum absolute atomic E-state index is 0.00790. The lowest BCUT2D eigenvalue weighted by Crippen LogP contribution is -2.35. The molecule has 0 spiro atoms. The van der Waals surface area contributed by atoms with Gasteiger partial charge in [-0.15, -0.1) is 0 Å². The van der Waals surface area contributed by atoms with E-state index in [0.717, 1.165) is 22.4 Å². The Morgan fingerprint density at radius 3 is 2.40 bits per heavy atom. The molecule has 2 aromatic carbocycles. The molecule has 0 fully saturated rings. The van der Waals surface area contributed by atoms with Crippen molar-refractivity contribution in [2.24, 2.45) is 0 Å². The average molecular weight is 340 g/mol. The molecule has 0 bridgehead atoms. The van der Waals surface area contributed by atoms with Crippen LogP contribution in [0.25, 0.3) is 0 Å². The minimum Gasteiger partial charge on any atom is -0.380 e. The van der Waals surface area contributed by atoms with Crippen LogP contribution in [0.1, 0.15) is 27.0 Å². The van der Waals surface area contributed by atoms with Crippen molar-refractivity contribution in [1.82, 2.24) is 4.90 Å². The largest absolute Gasteiger partial charge is 0.380 e. The molecule has 0 aromatic heterocycles. The maximum absolute atomic E-state index is 12.4. The molecule has 2 rings (SSSR count). The minimum atomic E-state index is -0.222. The van der Waals surface area contributed by atoms with Crippen LogP contribution in [-0.2, 0) is 16.1 Å². The third-order valence-electron chi connectivity index (χ3n) is 3.91. The maximum atomic E-state index is 12.4. The Morgan fingerprint density at radius 2 is 1.76 bits per heavy atom. The molecule has 5 heteroatoms. The van der Waals surface area contributed by atoms with Crippen molar-refractivity contribution < 1.29 is 14.3 Å². The molecule has 0 saturated heterocycles. The number of aryl methyl sites for hydroxylation is 2. The van der Waals surface area contributed by atoms with Crippen LogP contribution in [0.2, 0.25) is 0 Å². The number of anilines is 1. The second kappa shape index (κ2) is 8.44. The summed E-state index contributed by atoms with van der Waals surface area (Å²) in [6.07, 6.45) is 0. The zero-order valence-electron chi connectivity index (χ0n) is 15.1. The van der Waals surface area contributed by atoms with Gasteiger partial charge < -0.3 is 15.0 Å². The van der Waals surface area contributed by atoms with Gasteiger partial charge in [0.15, 0.2) is 0 Å². The van der Waals surface area contributed by atoms with Crippen LogP contribution in [0, 0.1) is 13.8 Å². The van der Waals surface area contributed by atoms with Crippen LogP contribution in [0.4, 0.5) is 5.69 Å². The van der Waals surface area contributed by atoms with Crippen LogP contribution in [-0.4, -0.2) is 37.4 Å². The zero-order valence-corrected chi connectivity index (χ0v) is 15.1. The van der Waals surface area contributed by atoms with Gasteiger partial charge in [-0.3, -0.25) is 9.59 Å². The fourth-order valence-corrected chi connectivity index (χ4v) is 2.48. The molecule has 132 valence electrons. The Labute approximate surface area is 148 Å². The fourth-order valence-electron chi connectivity index (χ4n) is 2.48. The summed E-state index contributed by atoms with van der Waals surface area (Å²) in [6, 6.07) is 13.1. The van der Waals surface area contributed by atoms with Crippen molar-refractivity contribution in [3.05, 3.63) is 64.7 Å². The molecule has 0 unspecified atom stereocenters. The topological polar surface area (TPSA) is 58.6 Å². The smallest absolute Gasteiger partial charge is 0.254 e. The Hall–Kier alpha value is -2.66. The molecule has 0 radical (unpaired) electrons. The molecule has 2 amide bonds. The quantitative estimate of drug-likeness (QED) is 0.879. The Bertz CT molecular complexity index is 754. The van der Waals surface area contributed by atoms with Crippen molar-refractivity contribution >= 4 is 17.5 Å². The SMILES string of the molecule is COCc1ccc(C(=O)N(C)CC(=O)Nc2cc(C)ccc2C)cc1. The monoisotopic (exact) mass is 340 g/mol. The van der Waals surface area contributed by atoms with Gasteiger partial charge in [0.1, 0.15) is 0 Å². The van der Waals surface area contributed by atoms with Gasteiger partial charge >= 0.3 is 0 Å². The molecular weight excluding hydrogens is 316 g/mol. The number of benzene rings is 2. The van der Waals surface area contributed by atoms with Crippen LogP contribution in [0.3, 0.4) is 0 Å². The summed E-state index contributed by atoms with van der Waals surface area (Å²) < 4.78 is 5.05. The van der Waals surface area contributed by atoms with Crippen molar-refractivity contribution in [2.75, 3.05) is 26.0 Å². The third-order valence-corrected chi connectivity index (χ3v) is 3.91. The van der Waals surface area contributed by atoms with Gasteiger partial charge in [0.05, 0.1) is 13.2 Å². The van der Waals surface area contributed by atoms with Gasteiger partial charge in [0, 0.05) is 25.4 Å². The van der Waals surface area contributed by atoms with Gasteiger partial charge in [-0.1, -0.05) is 24.3 Å². The van der Waals surface area contributed by atoms with E-state index in [1.165, 1.54) is 4.90 Å². The van der Waals surface area contributed by atoms with Gasteiger partial charge in [0.2, 0.25) is 5.91 Å². The molecule has 5 nitrogen and oxygen atoms in total. The lowest BCUT2D eigenvalue weighted by molar-refractivity contribution is -0.116. The number of methoxy groups -OCH3 is 1. The first-order valence-electron chi connectivity index (χ1n) is 8.11. The van der Waals surface area contributed by atoms with Gasteiger partial charge in [-0.2, -0.15) is 0 Å². The van der Waals surface area contributed by atoms with E-state index >= 15 is 0 Å². The first-order chi connectivity index (χ1) is 11.9. The second-order valence-corrected chi connectivity index (χ2v) is 6.16. The van der Waals surface area contributed by atoms with Gasteiger partial charge in [0.25, 0.3) is 5.91 Å². The number of hydrogen-bond acceptors (Lipinski definition) is 3. The van der Waals surface area contributed by atoms with E-state index in [4.69, 9.17) is 4.74 Å². The highest BCUT2D eigenvalue weighted by atomic mass is 16.5. The Morgan fingerprint density at radius 1 is 1.08 bits per heavy atom. The van der Waals surface area contributed by atoms with E-state index in [1.54, 1.807) is 26.3 Å². The highest BCUT2D eigenvalue weighted by Crippen LogP contribution is 2.16. The molecule has 2 aromatic rings. The van der Waals surface area contributed by atoms with Crippen LogP contribution in [0.15, 0.2) is 42.5 Å². The molecule has 0 atom stereocenters. The predicted molar refractivity (Wildman–Crippen MR) is 98.7 cm³/mol. The number of carbonyl (C=O) groups excluding carboxylic acids is 2. The van der Waals surface area contributed by atoms with Crippen LogP contribution >= 0.6 is 0 Å². The van der Waals surface area contributed by atoms with Crippen LogP contribution in [0.5, 0.6) is 0 Å². The maximum Gasteiger partial charge on any atom is 0.254 e. The van der Waals surface area contributed by atoms with E-state index in [-0.39, 0.29) is 18.4 Å². The van der Waals surface area contributed by atoms with Crippen molar-refractivity contribution in [3.63, 3.8) is 0 Å². The lowest BCUT2D eigenvalue weighted by atomic mass is 10.1. The molecule has 0 saturated carbocycles. The summed E-state index contributed by atoms with van der Waals surface area (Å²) in [4.78, 5) is 26.1. The van der Waals surface area contributed by atoms with E-state index < -0.39 is 0 Å². The van der Waals surface area contributed by atoms with Crippen molar-refractivity contribution in [2.45, 2.75) is 20.5 Å². The number of rotatable bonds is 6. The number of amides is 2. The third kappa shape index (κ3) is 5.16. The Balaban J connectivity index is 1.98. The molecule has 1 N–H and O–H groups in total. The van der Waals surface area contributed by atoms with Gasteiger partial charge in [-0.25, -0.2) is 0 Å². The molecule has 0 aliphatic carbocycles. The molecule has 0 aliphatic heterocycles. The standard InChI is InChI=1S/C20H24N2O3/c1-14-5-6-15(2)18(11-14)21-19(23)12-22(3)20(24)17-9-7-16(8-10-17)13-25-4/h5-11H,12-13H2,1-4H3,(H,21,23). The summed E-state index contributed by atoms with van der Waals surface area (Å²) in [5.41, 5.74) is 4.37. The molecular formula is C20H24N2O3. The van der Waals surface area contributed by atoms with E-state index in [9.17, 15) is 9.59 Å². The zero-order chi connectivity index (χ0) is 18.4. The summed E-state index contributed by atoms with van der Waals surface area (Å²) in [5.74, 6) is -0.416. The predicted octanol–water partition coefficient (Wildman–Crippen LogP) is 3.16. The Kier molecular flexibility index (Phi) is 6.31. The number of ether oxygens (including phenoxy) is 1. The van der Waals surface area contributed by atoms with Crippen molar-refractivity contribution in [1.29, 1.82) is 0 Å². The summed E-state index contributed by atoms with van der Waals surface area (Å²) in [5, 5.41) is 2.86. The average Bonchev–Trinajstić information content (AvgIpc) is 2.58. The summed E-state index contributed by atoms with van der Waals surface area (Å²) in [7, 11) is 3.25. The molecule has 0 aliphatic rings. The highest BCUT2D eigenvalue weighted by molar-refractivity contribution is 5.99. The fraction of sp³-hybridized carbons (Fsp3) is 0.300. The number of hydrogen-bond donors (Lipinski definition) is 1. The highest BCUT2D eigenvalue weighted by Gasteiger charge is 2.15. The van der Waals surface area contributed by atoms with Crippen molar-refractivity contribution in [3.8, 4) is 0 Å². The number of nitrogens with one attached hydrogen (secondary N) is 1. The summed E-state index contributed by atoms with van der Waals surface area (Å²) >= 11 is 0. The van der Waals surface area contributed by atoms with Gasteiger partial charge in [-0.05, 0) is 48.7 Å². The second-order valence-electron chi connectivity index (χ2n) is 6.16. The number of likely N-dealkylation sites (N-methyl/N-ethyl adjacent to an activating group) is 1. The number of carbonyl (C=O) groups is 2. The van der Waals surface area contributed by atoms with E-state index in [1.807, 2.05) is 44.2 Å². The first-order valence-corrected chi connectivity index (χ1v) is 8.11. The van der Waals surface area contributed by atoms with E-state index in [0.29, 0.717) is 12.2 Å². The first kappa shape index (κ1) is 18.7. The normalized spacial score (nSPS) is 10.4. The summed E-state index contributed by atoms with van der Waals surface area (Å²) in [6.45, 7) is 4.40. The van der Waals surface area contributed by atoms with Crippen LogP contribution < -0.4 is 5.32 Å². The van der Waals surface area contributed by atoms with E-state index in [2.05, 4.69) is 5.32 Å².